The molecule has 3 nitrogen and oxygen atoms in total. The molecule has 0 aliphatic rings. The fourth-order valence-corrected chi connectivity index (χ4v) is 1.93. The zero-order valence-corrected chi connectivity index (χ0v) is 10.8. The Kier molecular flexibility index (Phi) is 4.71. The molecule has 17 heavy (non-hydrogen) atoms. The summed E-state index contributed by atoms with van der Waals surface area (Å²) in [7, 11) is 0. The maximum Gasteiger partial charge on any atom is 0.103 e. The Hall–Kier alpha value is -1.82. The zero-order chi connectivity index (χ0) is 12.8. The first-order chi connectivity index (χ1) is 8.13. The summed E-state index contributed by atoms with van der Waals surface area (Å²) >= 11 is 0. The van der Waals surface area contributed by atoms with Gasteiger partial charge in [-0.2, -0.15) is 5.26 Å². The normalized spacial score (nSPS) is 9.76. The molecule has 0 aromatic carbocycles. The van der Waals surface area contributed by atoms with E-state index in [1.807, 2.05) is 26.0 Å². The Morgan fingerprint density at radius 2 is 2.24 bits per heavy atom. The molecule has 0 spiro atoms. The Bertz CT molecular complexity index is 444. The molecule has 0 N–H and O–H groups in total. The summed E-state index contributed by atoms with van der Waals surface area (Å²) in [5.41, 5.74) is 3.39. The van der Waals surface area contributed by atoms with Crippen molar-refractivity contribution in [3.63, 3.8) is 0 Å². The van der Waals surface area contributed by atoms with Gasteiger partial charge in [-0.3, -0.25) is 4.98 Å². The topological polar surface area (TPSA) is 39.9 Å². The number of rotatable bonds is 5. The minimum absolute atomic E-state index is 0.672. The van der Waals surface area contributed by atoms with Gasteiger partial charge in [0.1, 0.15) is 6.07 Å². The van der Waals surface area contributed by atoms with Gasteiger partial charge in [0.25, 0.3) is 0 Å². The Labute approximate surface area is 103 Å². The SMILES string of the molecule is C=CCN(CCC)c1cc(C)nc(C)c1C#N. The van der Waals surface area contributed by atoms with Crippen molar-refractivity contribution in [2.75, 3.05) is 18.0 Å². The van der Waals surface area contributed by atoms with Crippen LogP contribution in [0.15, 0.2) is 18.7 Å². The van der Waals surface area contributed by atoms with Crippen molar-refractivity contribution < 1.29 is 0 Å². The summed E-state index contributed by atoms with van der Waals surface area (Å²) in [5.74, 6) is 0. The van der Waals surface area contributed by atoms with Gasteiger partial charge >= 0.3 is 0 Å². The summed E-state index contributed by atoms with van der Waals surface area (Å²) < 4.78 is 0. The third-order valence-electron chi connectivity index (χ3n) is 2.60. The van der Waals surface area contributed by atoms with E-state index >= 15 is 0 Å². The average Bonchev–Trinajstić information content (AvgIpc) is 2.28. The summed E-state index contributed by atoms with van der Waals surface area (Å²) in [6.45, 7) is 11.4. The van der Waals surface area contributed by atoms with Crippen molar-refractivity contribution in [1.82, 2.24) is 4.98 Å². The molecule has 0 unspecified atom stereocenters. The van der Waals surface area contributed by atoms with Crippen molar-refractivity contribution in [3.05, 3.63) is 35.7 Å². The van der Waals surface area contributed by atoms with Crippen molar-refractivity contribution in [1.29, 1.82) is 5.26 Å². The minimum atomic E-state index is 0.672. The van der Waals surface area contributed by atoms with E-state index in [2.05, 4.69) is 29.5 Å². The van der Waals surface area contributed by atoms with Crippen molar-refractivity contribution in [2.24, 2.45) is 0 Å². The average molecular weight is 229 g/mol. The molecule has 0 bridgehead atoms. The third-order valence-corrected chi connectivity index (χ3v) is 2.60. The number of pyridine rings is 1. The first-order valence-corrected chi connectivity index (χ1v) is 5.88. The molecule has 1 rings (SSSR count). The molecule has 0 aliphatic heterocycles. The van der Waals surface area contributed by atoms with Crippen LogP contribution >= 0.6 is 0 Å². The lowest BCUT2D eigenvalue weighted by atomic mass is 10.1. The number of nitrogens with zero attached hydrogens (tertiary/aromatic N) is 3. The van der Waals surface area contributed by atoms with Crippen molar-refractivity contribution >= 4 is 5.69 Å². The van der Waals surface area contributed by atoms with Gasteiger partial charge in [0.2, 0.25) is 0 Å². The summed E-state index contributed by atoms with van der Waals surface area (Å²) in [5, 5.41) is 9.23. The zero-order valence-electron chi connectivity index (χ0n) is 10.8. The number of nitriles is 1. The van der Waals surface area contributed by atoms with E-state index in [0.29, 0.717) is 5.56 Å². The second kappa shape index (κ2) is 6.05. The van der Waals surface area contributed by atoms with Crippen molar-refractivity contribution in [2.45, 2.75) is 27.2 Å². The Balaban J connectivity index is 3.25. The maximum atomic E-state index is 9.23. The molecule has 3 heteroatoms. The summed E-state index contributed by atoms with van der Waals surface area (Å²) in [6, 6.07) is 4.23. The molecule has 0 amide bonds. The van der Waals surface area contributed by atoms with Crippen LogP contribution in [0.3, 0.4) is 0 Å². The standard InChI is InChI=1S/C14H19N3/c1-5-7-17(8-6-2)14-9-11(3)16-12(4)13(14)10-15/h5,9H,1,6-8H2,2-4H3. The second-order valence-electron chi connectivity index (χ2n) is 4.09. The molecule has 90 valence electrons. The van der Waals surface area contributed by atoms with E-state index in [9.17, 15) is 5.26 Å². The lowest BCUT2D eigenvalue weighted by Crippen LogP contribution is -2.25. The first-order valence-electron chi connectivity index (χ1n) is 5.88. The van der Waals surface area contributed by atoms with E-state index in [0.717, 1.165) is 36.6 Å². The van der Waals surface area contributed by atoms with Crippen LogP contribution < -0.4 is 4.90 Å². The first kappa shape index (κ1) is 13.2. The molecular weight excluding hydrogens is 210 g/mol. The highest BCUT2D eigenvalue weighted by Crippen LogP contribution is 2.23. The number of aryl methyl sites for hydroxylation is 2. The molecule has 0 fully saturated rings. The molecule has 1 aromatic heterocycles. The van der Waals surface area contributed by atoms with Gasteiger partial charge in [-0.1, -0.05) is 13.0 Å². The summed E-state index contributed by atoms with van der Waals surface area (Å²) in [4.78, 5) is 6.51. The quantitative estimate of drug-likeness (QED) is 0.729. The predicted octanol–water partition coefficient (Wildman–Crippen LogP) is 2.97. The molecule has 0 saturated heterocycles. The smallest absolute Gasteiger partial charge is 0.103 e. The van der Waals surface area contributed by atoms with E-state index in [1.54, 1.807) is 0 Å². The second-order valence-corrected chi connectivity index (χ2v) is 4.09. The lowest BCUT2D eigenvalue weighted by Gasteiger charge is -2.24. The van der Waals surface area contributed by atoms with Gasteiger partial charge in [0.05, 0.1) is 16.9 Å². The highest BCUT2D eigenvalue weighted by atomic mass is 15.1. The fraction of sp³-hybridized carbons (Fsp3) is 0.429. The number of aromatic nitrogens is 1. The van der Waals surface area contributed by atoms with Gasteiger partial charge in [-0.05, 0) is 26.3 Å². The van der Waals surface area contributed by atoms with E-state index in [-0.39, 0.29) is 0 Å². The van der Waals surface area contributed by atoms with Crippen LogP contribution in [0.2, 0.25) is 0 Å². The predicted molar refractivity (Wildman–Crippen MR) is 71.1 cm³/mol. The molecule has 0 radical (unpaired) electrons. The number of hydrogen-bond donors (Lipinski definition) is 0. The molecule has 0 aliphatic carbocycles. The molecule has 0 saturated carbocycles. The summed E-state index contributed by atoms with van der Waals surface area (Å²) in [6.07, 6.45) is 2.90. The van der Waals surface area contributed by atoms with Gasteiger partial charge in [-0.15, -0.1) is 6.58 Å². The van der Waals surface area contributed by atoms with E-state index in [1.165, 1.54) is 0 Å². The monoisotopic (exact) mass is 229 g/mol. The van der Waals surface area contributed by atoms with Crippen LogP contribution in [-0.4, -0.2) is 18.1 Å². The largest absolute Gasteiger partial charge is 0.367 e. The van der Waals surface area contributed by atoms with Crippen LogP contribution in [0, 0.1) is 25.2 Å². The number of anilines is 1. The van der Waals surface area contributed by atoms with Crippen LogP contribution in [0.1, 0.15) is 30.3 Å². The maximum absolute atomic E-state index is 9.23. The highest BCUT2D eigenvalue weighted by Gasteiger charge is 2.13. The van der Waals surface area contributed by atoms with Gasteiger partial charge in [0.15, 0.2) is 0 Å². The van der Waals surface area contributed by atoms with Gasteiger partial charge in [0, 0.05) is 18.8 Å². The third kappa shape index (κ3) is 3.07. The van der Waals surface area contributed by atoms with E-state index < -0.39 is 0 Å². The van der Waals surface area contributed by atoms with Crippen LogP contribution in [0.25, 0.3) is 0 Å². The van der Waals surface area contributed by atoms with Gasteiger partial charge < -0.3 is 4.90 Å². The number of hydrogen-bond acceptors (Lipinski definition) is 3. The Morgan fingerprint density at radius 3 is 2.76 bits per heavy atom. The molecular formula is C14H19N3. The van der Waals surface area contributed by atoms with Crippen LogP contribution in [0.4, 0.5) is 5.69 Å². The van der Waals surface area contributed by atoms with E-state index in [4.69, 9.17) is 0 Å². The van der Waals surface area contributed by atoms with Gasteiger partial charge in [-0.25, -0.2) is 0 Å². The minimum Gasteiger partial charge on any atom is -0.367 e. The Morgan fingerprint density at radius 1 is 1.53 bits per heavy atom. The molecule has 1 heterocycles. The van der Waals surface area contributed by atoms with Crippen LogP contribution in [0.5, 0.6) is 0 Å². The molecule has 0 atom stereocenters. The van der Waals surface area contributed by atoms with Crippen LogP contribution in [-0.2, 0) is 0 Å². The molecule has 1 aromatic rings. The van der Waals surface area contributed by atoms with Crippen molar-refractivity contribution in [3.8, 4) is 6.07 Å². The fourth-order valence-electron chi connectivity index (χ4n) is 1.93. The highest BCUT2D eigenvalue weighted by molar-refractivity contribution is 5.61. The lowest BCUT2D eigenvalue weighted by molar-refractivity contribution is 0.812.